The van der Waals surface area contributed by atoms with Crippen LogP contribution in [0.25, 0.3) is 0 Å². The van der Waals surface area contributed by atoms with E-state index in [2.05, 4.69) is 36.4 Å². The molecule has 21 heavy (non-hydrogen) atoms. The molecule has 2 fully saturated rings. The van der Waals surface area contributed by atoms with Crippen LogP contribution in [0, 0.1) is 12.8 Å². The minimum absolute atomic E-state index is 0.406. The van der Waals surface area contributed by atoms with Crippen molar-refractivity contribution in [3.63, 3.8) is 0 Å². The predicted octanol–water partition coefficient (Wildman–Crippen LogP) is 3.58. The highest BCUT2D eigenvalue weighted by atomic mass is 32.1. The summed E-state index contributed by atoms with van der Waals surface area (Å²) in [5, 5.41) is 7.35. The van der Waals surface area contributed by atoms with Crippen LogP contribution in [0.5, 0.6) is 0 Å². The maximum absolute atomic E-state index is 4.71. The molecule has 4 heteroatoms. The molecule has 1 aromatic rings. The molecule has 1 aromatic heterocycles. The first-order valence-corrected chi connectivity index (χ1v) is 9.40. The van der Waals surface area contributed by atoms with E-state index in [4.69, 9.17) is 4.98 Å². The van der Waals surface area contributed by atoms with E-state index in [1.54, 1.807) is 0 Å². The second-order valence-electron chi connectivity index (χ2n) is 7.07. The summed E-state index contributed by atoms with van der Waals surface area (Å²) in [6, 6.07) is 0.641. The lowest BCUT2D eigenvalue weighted by Crippen LogP contribution is -2.64. The summed E-state index contributed by atoms with van der Waals surface area (Å²) in [4.78, 5) is 7.48. The Kier molecular flexibility index (Phi) is 4.67. The first kappa shape index (κ1) is 15.4. The third kappa shape index (κ3) is 3.17. The van der Waals surface area contributed by atoms with Crippen LogP contribution in [0.3, 0.4) is 0 Å². The minimum Gasteiger partial charge on any atom is -0.311 e. The fraction of sp³-hybridized carbons (Fsp3) is 0.824. The fourth-order valence-electron chi connectivity index (χ4n) is 3.99. The number of hydrogen-bond donors (Lipinski definition) is 1. The Morgan fingerprint density at radius 2 is 2.24 bits per heavy atom. The number of rotatable bonds is 4. The average molecular weight is 308 g/mol. The molecule has 2 atom stereocenters. The summed E-state index contributed by atoms with van der Waals surface area (Å²) < 4.78 is 0. The number of piperazine rings is 1. The van der Waals surface area contributed by atoms with Crippen molar-refractivity contribution in [2.24, 2.45) is 5.92 Å². The molecule has 3 nitrogen and oxygen atoms in total. The number of aryl methyl sites for hydroxylation is 1. The van der Waals surface area contributed by atoms with Gasteiger partial charge in [0, 0.05) is 35.7 Å². The van der Waals surface area contributed by atoms with Gasteiger partial charge >= 0.3 is 0 Å². The third-order valence-corrected chi connectivity index (χ3v) is 6.59. The SMILES string of the molecule is CCC(C)C1CN(Cc2nc(C)cs2)C2(CCCC2)CN1. The second-order valence-corrected chi connectivity index (χ2v) is 8.01. The van der Waals surface area contributed by atoms with Gasteiger partial charge in [-0.15, -0.1) is 11.3 Å². The Labute approximate surface area is 133 Å². The Balaban J connectivity index is 1.76. The van der Waals surface area contributed by atoms with Crippen LogP contribution in [0.4, 0.5) is 0 Å². The smallest absolute Gasteiger partial charge is 0.107 e. The van der Waals surface area contributed by atoms with Crippen LogP contribution in [-0.2, 0) is 6.54 Å². The van der Waals surface area contributed by atoms with Gasteiger partial charge in [0.15, 0.2) is 0 Å². The zero-order chi connectivity index (χ0) is 14.9. The molecule has 0 bridgehead atoms. The van der Waals surface area contributed by atoms with Crippen LogP contribution in [0.2, 0.25) is 0 Å². The molecular formula is C17H29N3S. The lowest BCUT2D eigenvalue weighted by molar-refractivity contribution is 0.0238. The molecule has 3 rings (SSSR count). The monoisotopic (exact) mass is 307 g/mol. The standard InChI is InChI=1S/C17H29N3S/c1-4-13(2)15-9-20(10-16-19-14(3)11-21-16)17(12-18-15)7-5-6-8-17/h11,13,15,18H,4-10,12H2,1-3H3. The Morgan fingerprint density at radius 1 is 1.48 bits per heavy atom. The average Bonchev–Trinajstić information content (AvgIpc) is 3.11. The zero-order valence-corrected chi connectivity index (χ0v) is 14.5. The van der Waals surface area contributed by atoms with Crippen LogP contribution in [-0.4, -0.2) is 34.6 Å². The normalized spacial score (nSPS) is 27.3. The number of nitrogens with one attached hydrogen (secondary N) is 1. The lowest BCUT2D eigenvalue weighted by atomic mass is 9.87. The number of thiazole rings is 1. The van der Waals surface area contributed by atoms with Crippen LogP contribution < -0.4 is 5.32 Å². The van der Waals surface area contributed by atoms with Crippen molar-refractivity contribution in [3.8, 4) is 0 Å². The maximum atomic E-state index is 4.71. The van der Waals surface area contributed by atoms with Gasteiger partial charge in [0.2, 0.25) is 0 Å². The molecular weight excluding hydrogens is 278 g/mol. The molecule has 1 N–H and O–H groups in total. The quantitative estimate of drug-likeness (QED) is 0.921. The van der Waals surface area contributed by atoms with Crippen molar-refractivity contribution in [2.75, 3.05) is 13.1 Å². The van der Waals surface area contributed by atoms with Crippen molar-refractivity contribution in [3.05, 3.63) is 16.1 Å². The van der Waals surface area contributed by atoms with E-state index in [0.29, 0.717) is 11.6 Å². The van der Waals surface area contributed by atoms with Crippen molar-refractivity contribution in [2.45, 2.75) is 71.0 Å². The van der Waals surface area contributed by atoms with Gasteiger partial charge in [0.25, 0.3) is 0 Å². The number of hydrogen-bond acceptors (Lipinski definition) is 4. The molecule has 0 radical (unpaired) electrons. The van der Waals surface area contributed by atoms with Crippen molar-refractivity contribution < 1.29 is 0 Å². The van der Waals surface area contributed by atoms with E-state index in [1.807, 2.05) is 11.3 Å². The van der Waals surface area contributed by atoms with Gasteiger partial charge in [-0.2, -0.15) is 0 Å². The van der Waals surface area contributed by atoms with Gasteiger partial charge in [0.05, 0.1) is 6.54 Å². The fourth-order valence-corrected chi connectivity index (χ4v) is 4.78. The zero-order valence-electron chi connectivity index (χ0n) is 13.7. The largest absolute Gasteiger partial charge is 0.311 e. The van der Waals surface area contributed by atoms with E-state index in [9.17, 15) is 0 Å². The highest BCUT2D eigenvalue weighted by Crippen LogP contribution is 2.38. The van der Waals surface area contributed by atoms with Crippen LogP contribution >= 0.6 is 11.3 Å². The van der Waals surface area contributed by atoms with E-state index < -0.39 is 0 Å². The van der Waals surface area contributed by atoms with Gasteiger partial charge in [-0.3, -0.25) is 4.90 Å². The molecule has 2 aliphatic rings. The summed E-state index contributed by atoms with van der Waals surface area (Å²) in [5.41, 5.74) is 1.58. The molecule has 1 spiro atoms. The predicted molar refractivity (Wildman–Crippen MR) is 89.7 cm³/mol. The summed E-state index contributed by atoms with van der Waals surface area (Å²) >= 11 is 1.83. The summed E-state index contributed by atoms with van der Waals surface area (Å²) in [6.45, 7) is 10.2. The Bertz CT molecular complexity index is 464. The van der Waals surface area contributed by atoms with Crippen LogP contribution in [0.1, 0.15) is 56.7 Å². The molecule has 2 unspecified atom stereocenters. The molecule has 1 saturated heterocycles. The topological polar surface area (TPSA) is 28.2 Å². The van der Waals surface area contributed by atoms with E-state index in [-0.39, 0.29) is 0 Å². The van der Waals surface area contributed by atoms with Gasteiger partial charge < -0.3 is 5.32 Å². The van der Waals surface area contributed by atoms with Gasteiger partial charge in [-0.1, -0.05) is 33.1 Å². The molecule has 1 aliphatic heterocycles. The molecule has 1 saturated carbocycles. The van der Waals surface area contributed by atoms with E-state index in [1.165, 1.54) is 55.9 Å². The molecule has 118 valence electrons. The highest BCUT2D eigenvalue weighted by Gasteiger charge is 2.44. The number of nitrogens with zero attached hydrogens (tertiary/aromatic N) is 2. The minimum atomic E-state index is 0.406. The molecule has 0 aromatic carbocycles. The molecule has 0 amide bonds. The van der Waals surface area contributed by atoms with E-state index in [0.717, 1.165) is 12.5 Å². The molecule has 2 heterocycles. The van der Waals surface area contributed by atoms with Crippen molar-refractivity contribution in [1.82, 2.24) is 15.2 Å². The molecule has 1 aliphatic carbocycles. The second kappa shape index (κ2) is 6.35. The Morgan fingerprint density at radius 3 is 2.86 bits per heavy atom. The maximum Gasteiger partial charge on any atom is 0.107 e. The van der Waals surface area contributed by atoms with Crippen LogP contribution in [0.15, 0.2) is 5.38 Å². The number of aromatic nitrogens is 1. The first-order valence-electron chi connectivity index (χ1n) is 8.52. The van der Waals surface area contributed by atoms with Crippen molar-refractivity contribution >= 4 is 11.3 Å². The lowest BCUT2D eigenvalue weighted by Gasteiger charge is -2.49. The van der Waals surface area contributed by atoms with E-state index >= 15 is 0 Å². The highest BCUT2D eigenvalue weighted by molar-refractivity contribution is 7.09. The first-order chi connectivity index (χ1) is 10.1. The summed E-state index contributed by atoms with van der Waals surface area (Å²) in [6.07, 6.45) is 6.76. The van der Waals surface area contributed by atoms with Crippen molar-refractivity contribution in [1.29, 1.82) is 0 Å². The Hall–Kier alpha value is -0.450. The third-order valence-electron chi connectivity index (χ3n) is 5.64. The van der Waals surface area contributed by atoms with Gasteiger partial charge in [-0.05, 0) is 25.7 Å². The van der Waals surface area contributed by atoms with Gasteiger partial charge in [-0.25, -0.2) is 4.98 Å². The summed E-state index contributed by atoms with van der Waals surface area (Å²) in [7, 11) is 0. The van der Waals surface area contributed by atoms with Gasteiger partial charge in [0.1, 0.15) is 5.01 Å². The summed E-state index contributed by atoms with van der Waals surface area (Å²) in [5.74, 6) is 0.754.